The first-order chi connectivity index (χ1) is 10.3. The van der Waals surface area contributed by atoms with Gasteiger partial charge in [0, 0.05) is 25.2 Å². The molecule has 0 bridgehead atoms. The number of rotatable bonds is 3. The van der Waals surface area contributed by atoms with Crippen LogP contribution in [0.4, 0.5) is 4.79 Å². The molecule has 0 aliphatic carbocycles. The van der Waals surface area contributed by atoms with Crippen molar-refractivity contribution >= 4 is 22.0 Å². The van der Waals surface area contributed by atoms with Gasteiger partial charge in [-0.15, -0.1) is 0 Å². The van der Waals surface area contributed by atoms with Crippen LogP contribution in [0.15, 0.2) is 22.8 Å². The predicted molar refractivity (Wildman–Crippen MR) is 88.0 cm³/mol. The van der Waals surface area contributed by atoms with Gasteiger partial charge in [-0.05, 0) is 61.7 Å². The van der Waals surface area contributed by atoms with Crippen LogP contribution in [0, 0.1) is 5.92 Å². The van der Waals surface area contributed by atoms with E-state index in [1.54, 1.807) is 11.1 Å². The van der Waals surface area contributed by atoms with Gasteiger partial charge in [0.2, 0.25) is 5.88 Å². The van der Waals surface area contributed by atoms with Crippen molar-refractivity contribution in [1.82, 2.24) is 9.88 Å². The molecule has 1 aliphatic heterocycles. The van der Waals surface area contributed by atoms with Crippen molar-refractivity contribution in [3.05, 3.63) is 22.8 Å². The van der Waals surface area contributed by atoms with Crippen LogP contribution in [0.1, 0.15) is 33.6 Å². The van der Waals surface area contributed by atoms with Crippen molar-refractivity contribution in [2.45, 2.75) is 39.2 Å². The van der Waals surface area contributed by atoms with E-state index in [2.05, 4.69) is 20.9 Å². The fourth-order valence-corrected chi connectivity index (χ4v) is 2.74. The van der Waals surface area contributed by atoms with Crippen molar-refractivity contribution in [1.29, 1.82) is 0 Å². The molecule has 1 unspecified atom stereocenters. The van der Waals surface area contributed by atoms with E-state index in [4.69, 9.17) is 9.47 Å². The number of carbonyl (C=O) groups excluding carboxylic acids is 1. The second kappa shape index (κ2) is 7.31. The zero-order valence-electron chi connectivity index (χ0n) is 13.3. The molecule has 122 valence electrons. The van der Waals surface area contributed by atoms with Crippen molar-refractivity contribution in [2.24, 2.45) is 5.92 Å². The highest BCUT2D eigenvalue weighted by Crippen LogP contribution is 2.24. The van der Waals surface area contributed by atoms with Crippen molar-refractivity contribution in [2.75, 3.05) is 19.7 Å². The van der Waals surface area contributed by atoms with Crippen LogP contribution in [0.5, 0.6) is 5.88 Å². The summed E-state index contributed by atoms with van der Waals surface area (Å²) >= 11 is 3.42. The Labute approximate surface area is 140 Å². The fraction of sp³-hybridized carbons (Fsp3) is 0.625. The van der Waals surface area contributed by atoms with Gasteiger partial charge in [-0.1, -0.05) is 0 Å². The van der Waals surface area contributed by atoms with Crippen LogP contribution >= 0.6 is 15.9 Å². The van der Waals surface area contributed by atoms with E-state index < -0.39 is 5.60 Å². The summed E-state index contributed by atoms with van der Waals surface area (Å²) in [7, 11) is 0. The molecule has 1 aromatic heterocycles. The van der Waals surface area contributed by atoms with Gasteiger partial charge < -0.3 is 14.4 Å². The minimum atomic E-state index is -0.459. The molecule has 0 N–H and O–H groups in total. The molecule has 1 atom stereocenters. The third-order valence-corrected chi connectivity index (χ3v) is 3.95. The molecule has 1 fully saturated rings. The number of carbonyl (C=O) groups is 1. The molecule has 22 heavy (non-hydrogen) atoms. The minimum Gasteiger partial charge on any atom is -0.476 e. The lowest BCUT2D eigenvalue weighted by Crippen LogP contribution is -2.44. The smallest absolute Gasteiger partial charge is 0.410 e. The van der Waals surface area contributed by atoms with Gasteiger partial charge in [-0.2, -0.15) is 0 Å². The van der Waals surface area contributed by atoms with Gasteiger partial charge >= 0.3 is 6.09 Å². The maximum atomic E-state index is 12.1. The molecule has 6 heteroatoms. The summed E-state index contributed by atoms with van der Waals surface area (Å²) in [5, 5.41) is 0. The molecule has 1 amide bonds. The van der Waals surface area contributed by atoms with E-state index in [1.807, 2.05) is 32.9 Å². The van der Waals surface area contributed by atoms with Crippen LogP contribution < -0.4 is 4.74 Å². The van der Waals surface area contributed by atoms with Gasteiger partial charge in [-0.25, -0.2) is 9.78 Å². The topological polar surface area (TPSA) is 51.7 Å². The number of hydrogen-bond acceptors (Lipinski definition) is 4. The molecule has 1 saturated heterocycles. The summed E-state index contributed by atoms with van der Waals surface area (Å²) in [6, 6.07) is 3.75. The highest BCUT2D eigenvalue weighted by Gasteiger charge is 2.28. The summed E-state index contributed by atoms with van der Waals surface area (Å²) < 4.78 is 12.0. The van der Waals surface area contributed by atoms with E-state index in [1.165, 1.54) is 0 Å². The number of hydrogen-bond donors (Lipinski definition) is 0. The van der Waals surface area contributed by atoms with Crippen LogP contribution in [0.25, 0.3) is 0 Å². The van der Waals surface area contributed by atoms with Crippen LogP contribution in [0.3, 0.4) is 0 Å². The molecule has 1 aliphatic rings. The number of halogens is 1. The van der Waals surface area contributed by atoms with Gasteiger partial charge in [0.05, 0.1) is 11.1 Å². The summed E-state index contributed by atoms with van der Waals surface area (Å²) in [6.45, 7) is 7.61. The van der Waals surface area contributed by atoms with Crippen LogP contribution in [-0.4, -0.2) is 41.3 Å². The Morgan fingerprint density at radius 3 is 2.95 bits per heavy atom. The Hall–Kier alpha value is -1.30. The second-order valence-electron chi connectivity index (χ2n) is 6.54. The first kappa shape index (κ1) is 17.1. The monoisotopic (exact) mass is 370 g/mol. The summed E-state index contributed by atoms with van der Waals surface area (Å²) in [5.74, 6) is 0.895. The average Bonchev–Trinajstić information content (AvgIpc) is 2.45. The molecular weight excluding hydrogens is 348 g/mol. The zero-order chi connectivity index (χ0) is 16.2. The van der Waals surface area contributed by atoms with Gasteiger partial charge in [0.15, 0.2) is 0 Å². The Balaban J connectivity index is 1.86. The van der Waals surface area contributed by atoms with E-state index >= 15 is 0 Å². The maximum Gasteiger partial charge on any atom is 0.410 e. The number of piperidine rings is 1. The first-order valence-corrected chi connectivity index (χ1v) is 8.36. The normalized spacial score (nSPS) is 18.9. The van der Waals surface area contributed by atoms with E-state index in [0.29, 0.717) is 24.9 Å². The second-order valence-corrected chi connectivity index (χ2v) is 7.39. The maximum absolute atomic E-state index is 12.1. The van der Waals surface area contributed by atoms with Gasteiger partial charge in [-0.3, -0.25) is 0 Å². The van der Waals surface area contributed by atoms with Crippen molar-refractivity contribution in [3.8, 4) is 5.88 Å². The van der Waals surface area contributed by atoms with Crippen LogP contribution in [-0.2, 0) is 4.74 Å². The molecule has 0 spiro atoms. The Kier molecular flexibility index (Phi) is 5.67. The number of aromatic nitrogens is 1. The Morgan fingerprint density at radius 2 is 2.27 bits per heavy atom. The lowest BCUT2D eigenvalue weighted by Gasteiger charge is -2.33. The van der Waals surface area contributed by atoms with Gasteiger partial charge in [0.25, 0.3) is 0 Å². The molecular formula is C16H23BrN2O3. The summed E-state index contributed by atoms with van der Waals surface area (Å²) in [5.41, 5.74) is -0.459. The van der Waals surface area contributed by atoms with E-state index in [9.17, 15) is 4.79 Å². The highest BCUT2D eigenvalue weighted by molar-refractivity contribution is 9.10. The SMILES string of the molecule is CC(C)(C)OC(=O)N1CCCC(COc2ncccc2Br)C1. The van der Waals surface area contributed by atoms with E-state index in [-0.39, 0.29) is 6.09 Å². The molecule has 0 radical (unpaired) electrons. The van der Waals surface area contributed by atoms with Crippen LogP contribution in [0.2, 0.25) is 0 Å². The van der Waals surface area contributed by atoms with Crippen molar-refractivity contribution in [3.63, 3.8) is 0 Å². The van der Waals surface area contributed by atoms with Gasteiger partial charge in [0.1, 0.15) is 5.60 Å². The number of amides is 1. The largest absolute Gasteiger partial charge is 0.476 e. The third-order valence-electron chi connectivity index (χ3n) is 3.35. The average molecular weight is 371 g/mol. The molecule has 1 aromatic rings. The standard InChI is InChI=1S/C16H23BrN2O3/c1-16(2,3)22-15(20)19-9-5-6-12(10-19)11-21-14-13(17)7-4-8-18-14/h4,7-8,12H,5-6,9-11H2,1-3H3. The molecule has 0 saturated carbocycles. The third kappa shape index (κ3) is 5.16. The Bertz CT molecular complexity index is 516. The molecule has 5 nitrogen and oxygen atoms in total. The summed E-state index contributed by atoms with van der Waals surface area (Å²) in [6.07, 6.45) is 3.48. The fourth-order valence-electron chi connectivity index (χ4n) is 2.37. The molecule has 2 rings (SSSR count). The van der Waals surface area contributed by atoms with Crippen molar-refractivity contribution < 1.29 is 14.3 Å². The minimum absolute atomic E-state index is 0.240. The lowest BCUT2D eigenvalue weighted by atomic mass is 9.99. The highest BCUT2D eigenvalue weighted by atomic mass is 79.9. The lowest BCUT2D eigenvalue weighted by molar-refractivity contribution is 0.0138. The number of ether oxygens (including phenoxy) is 2. The predicted octanol–water partition coefficient (Wildman–Crippen LogP) is 3.87. The molecule has 2 heterocycles. The Morgan fingerprint density at radius 1 is 1.50 bits per heavy atom. The first-order valence-electron chi connectivity index (χ1n) is 7.56. The van der Waals surface area contributed by atoms with E-state index in [0.717, 1.165) is 23.9 Å². The molecule has 0 aromatic carbocycles. The zero-order valence-corrected chi connectivity index (χ0v) is 14.9. The number of nitrogens with zero attached hydrogens (tertiary/aromatic N) is 2. The summed E-state index contributed by atoms with van der Waals surface area (Å²) in [4.78, 5) is 18.1. The number of pyridine rings is 1. The quantitative estimate of drug-likeness (QED) is 0.810. The number of likely N-dealkylation sites (tertiary alicyclic amines) is 1.